The van der Waals surface area contributed by atoms with Crippen LogP contribution in [-0.2, 0) is 13.1 Å². The molecule has 0 aliphatic carbocycles. The standard InChI is InChI=1S/C12H11ClFNO/c13-11-2-1-3-12(14)10(11)7-15-6-9-4-5-16-8-9/h1-5,8,15H,6-7H2. The van der Waals surface area contributed by atoms with E-state index in [1.165, 1.54) is 6.07 Å². The summed E-state index contributed by atoms with van der Waals surface area (Å²) in [5.41, 5.74) is 1.51. The molecule has 0 aliphatic rings. The highest BCUT2D eigenvalue weighted by Gasteiger charge is 2.05. The van der Waals surface area contributed by atoms with Gasteiger partial charge in [-0.3, -0.25) is 0 Å². The first-order valence-electron chi connectivity index (χ1n) is 4.92. The van der Waals surface area contributed by atoms with Crippen LogP contribution in [0.25, 0.3) is 0 Å². The van der Waals surface area contributed by atoms with Crippen molar-refractivity contribution in [2.24, 2.45) is 0 Å². The maximum Gasteiger partial charge on any atom is 0.129 e. The zero-order chi connectivity index (χ0) is 11.4. The van der Waals surface area contributed by atoms with Gasteiger partial charge in [-0.05, 0) is 18.2 Å². The molecule has 0 amide bonds. The van der Waals surface area contributed by atoms with Crippen LogP contribution >= 0.6 is 11.6 Å². The fraction of sp³-hybridized carbons (Fsp3) is 0.167. The summed E-state index contributed by atoms with van der Waals surface area (Å²) in [6.45, 7) is 1.03. The molecule has 4 heteroatoms. The molecule has 0 saturated heterocycles. The minimum absolute atomic E-state index is 0.285. The van der Waals surface area contributed by atoms with Crippen molar-refractivity contribution in [3.8, 4) is 0 Å². The minimum atomic E-state index is -0.285. The van der Waals surface area contributed by atoms with Crippen molar-refractivity contribution in [3.63, 3.8) is 0 Å². The predicted octanol–water partition coefficient (Wildman–Crippen LogP) is 3.36. The predicted molar refractivity (Wildman–Crippen MR) is 60.7 cm³/mol. The second kappa shape index (κ2) is 5.14. The van der Waals surface area contributed by atoms with Gasteiger partial charge in [-0.1, -0.05) is 17.7 Å². The second-order valence-corrected chi connectivity index (χ2v) is 3.84. The molecule has 0 unspecified atom stereocenters. The van der Waals surface area contributed by atoms with E-state index in [0.717, 1.165) is 5.56 Å². The number of benzene rings is 1. The topological polar surface area (TPSA) is 25.2 Å². The van der Waals surface area contributed by atoms with Crippen molar-refractivity contribution >= 4 is 11.6 Å². The maximum absolute atomic E-state index is 13.4. The molecule has 1 heterocycles. The lowest BCUT2D eigenvalue weighted by Crippen LogP contribution is -2.13. The largest absolute Gasteiger partial charge is 0.472 e. The van der Waals surface area contributed by atoms with Crippen molar-refractivity contribution in [2.75, 3.05) is 0 Å². The highest BCUT2D eigenvalue weighted by Crippen LogP contribution is 2.18. The van der Waals surface area contributed by atoms with Crippen LogP contribution in [-0.4, -0.2) is 0 Å². The Morgan fingerprint density at radius 1 is 1.25 bits per heavy atom. The zero-order valence-electron chi connectivity index (χ0n) is 8.54. The van der Waals surface area contributed by atoms with Crippen molar-refractivity contribution in [2.45, 2.75) is 13.1 Å². The maximum atomic E-state index is 13.4. The molecule has 2 nitrogen and oxygen atoms in total. The molecule has 84 valence electrons. The van der Waals surface area contributed by atoms with Crippen LogP contribution in [0.1, 0.15) is 11.1 Å². The highest BCUT2D eigenvalue weighted by atomic mass is 35.5. The summed E-state index contributed by atoms with van der Waals surface area (Å²) in [6.07, 6.45) is 3.25. The van der Waals surface area contributed by atoms with E-state index in [4.69, 9.17) is 16.0 Å². The summed E-state index contributed by atoms with van der Waals surface area (Å²) < 4.78 is 18.3. The van der Waals surface area contributed by atoms with Gasteiger partial charge in [0, 0.05) is 29.2 Å². The Hall–Kier alpha value is -1.32. The van der Waals surface area contributed by atoms with Gasteiger partial charge in [0.1, 0.15) is 5.82 Å². The lowest BCUT2D eigenvalue weighted by Gasteiger charge is -2.06. The number of furan rings is 1. The van der Waals surface area contributed by atoms with E-state index in [2.05, 4.69) is 5.32 Å². The van der Waals surface area contributed by atoms with Crippen molar-refractivity contribution in [1.29, 1.82) is 0 Å². The quantitative estimate of drug-likeness (QED) is 0.885. The fourth-order valence-corrected chi connectivity index (χ4v) is 1.66. The molecule has 1 aromatic heterocycles. The summed E-state index contributed by atoms with van der Waals surface area (Å²) in [7, 11) is 0. The normalized spacial score (nSPS) is 10.6. The molecule has 0 bridgehead atoms. The van der Waals surface area contributed by atoms with Gasteiger partial charge in [0.05, 0.1) is 12.5 Å². The third-order valence-corrected chi connectivity index (χ3v) is 2.63. The minimum Gasteiger partial charge on any atom is -0.472 e. The van der Waals surface area contributed by atoms with E-state index in [9.17, 15) is 4.39 Å². The van der Waals surface area contributed by atoms with E-state index in [1.54, 1.807) is 24.7 Å². The van der Waals surface area contributed by atoms with Gasteiger partial charge in [-0.25, -0.2) is 4.39 Å². The summed E-state index contributed by atoms with van der Waals surface area (Å²) >= 11 is 5.89. The van der Waals surface area contributed by atoms with E-state index in [0.29, 0.717) is 23.7 Å². The molecular weight excluding hydrogens is 229 g/mol. The van der Waals surface area contributed by atoms with Crippen molar-refractivity contribution in [1.82, 2.24) is 5.32 Å². The monoisotopic (exact) mass is 239 g/mol. The van der Waals surface area contributed by atoms with Crippen LogP contribution in [0, 0.1) is 5.82 Å². The van der Waals surface area contributed by atoms with Crippen LogP contribution in [0.3, 0.4) is 0 Å². The third-order valence-electron chi connectivity index (χ3n) is 2.27. The van der Waals surface area contributed by atoms with Gasteiger partial charge in [-0.2, -0.15) is 0 Å². The summed E-state index contributed by atoms with van der Waals surface area (Å²) in [4.78, 5) is 0. The number of halogens is 2. The van der Waals surface area contributed by atoms with Gasteiger partial charge in [0.15, 0.2) is 0 Å². The number of rotatable bonds is 4. The Bertz CT molecular complexity index is 436. The first kappa shape index (κ1) is 11.2. The van der Waals surface area contributed by atoms with Gasteiger partial charge >= 0.3 is 0 Å². The van der Waals surface area contributed by atoms with E-state index >= 15 is 0 Å². The van der Waals surface area contributed by atoms with E-state index < -0.39 is 0 Å². The van der Waals surface area contributed by atoms with E-state index in [-0.39, 0.29) is 5.82 Å². The van der Waals surface area contributed by atoms with Crippen molar-refractivity contribution < 1.29 is 8.81 Å². The summed E-state index contributed by atoms with van der Waals surface area (Å²) in [5.74, 6) is -0.285. The average Bonchev–Trinajstić information content (AvgIpc) is 2.75. The first-order valence-corrected chi connectivity index (χ1v) is 5.30. The lowest BCUT2D eigenvalue weighted by molar-refractivity contribution is 0.557. The Morgan fingerprint density at radius 2 is 2.12 bits per heavy atom. The molecule has 2 rings (SSSR count). The third kappa shape index (κ3) is 2.62. The van der Waals surface area contributed by atoms with Gasteiger partial charge < -0.3 is 9.73 Å². The average molecular weight is 240 g/mol. The fourth-order valence-electron chi connectivity index (χ4n) is 1.43. The molecule has 0 aliphatic heterocycles. The second-order valence-electron chi connectivity index (χ2n) is 3.44. The summed E-state index contributed by atoms with van der Waals surface area (Å²) in [6, 6.07) is 6.54. The van der Waals surface area contributed by atoms with Crippen LogP contribution in [0.2, 0.25) is 5.02 Å². The number of hydrogen-bond acceptors (Lipinski definition) is 2. The first-order chi connectivity index (χ1) is 7.77. The Balaban J connectivity index is 1.95. The molecule has 2 aromatic rings. The molecule has 0 radical (unpaired) electrons. The Kier molecular flexibility index (Phi) is 3.59. The highest BCUT2D eigenvalue weighted by molar-refractivity contribution is 6.31. The van der Waals surface area contributed by atoms with Crippen LogP contribution in [0.15, 0.2) is 41.2 Å². The molecule has 1 aromatic carbocycles. The SMILES string of the molecule is Fc1cccc(Cl)c1CNCc1ccoc1. The van der Waals surface area contributed by atoms with Gasteiger partial charge in [0.25, 0.3) is 0 Å². The number of hydrogen-bond donors (Lipinski definition) is 1. The van der Waals surface area contributed by atoms with Crippen LogP contribution in [0.5, 0.6) is 0 Å². The Labute approximate surface area is 98.0 Å². The lowest BCUT2D eigenvalue weighted by atomic mass is 10.2. The van der Waals surface area contributed by atoms with Crippen molar-refractivity contribution in [3.05, 3.63) is 58.8 Å². The Morgan fingerprint density at radius 3 is 2.81 bits per heavy atom. The molecular formula is C12H11ClFNO. The molecule has 16 heavy (non-hydrogen) atoms. The van der Waals surface area contributed by atoms with Crippen LogP contribution < -0.4 is 5.32 Å². The smallest absolute Gasteiger partial charge is 0.129 e. The molecule has 0 fully saturated rings. The molecule has 0 saturated carbocycles. The zero-order valence-corrected chi connectivity index (χ0v) is 9.30. The molecule has 0 atom stereocenters. The van der Waals surface area contributed by atoms with Crippen LogP contribution in [0.4, 0.5) is 4.39 Å². The molecule has 0 spiro atoms. The summed E-state index contributed by atoms with van der Waals surface area (Å²) in [5, 5.41) is 3.55. The van der Waals surface area contributed by atoms with E-state index in [1.807, 2.05) is 6.07 Å². The van der Waals surface area contributed by atoms with Gasteiger partial charge in [-0.15, -0.1) is 0 Å². The number of nitrogens with one attached hydrogen (secondary N) is 1. The molecule has 1 N–H and O–H groups in total. The van der Waals surface area contributed by atoms with Gasteiger partial charge in [0.2, 0.25) is 0 Å².